The zero-order valence-electron chi connectivity index (χ0n) is 8.09. The van der Waals surface area contributed by atoms with Crippen molar-refractivity contribution in [2.45, 2.75) is 45.3 Å². The Morgan fingerprint density at radius 2 is 2.09 bits per heavy atom. The predicted octanol–water partition coefficient (Wildman–Crippen LogP) is 1.08. The second kappa shape index (κ2) is 3.55. The van der Waals surface area contributed by atoms with Crippen molar-refractivity contribution in [1.82, 2.24) is 10.2 Å². The van der Waals surface area contributed by atoms with Gasteiger partial charge in [0.05, 0.1) is 0 Å². The second-order valence-corrected chi connectivity index (χ2v) is 3.96. The Labute approximate surface area is 70.0 Å². The van der Waals surface area contributed by atoms with Crippen molar-refractivity contribution in [2.75, 3.05) is 13.6 Å². The van der Waals surface area contributed by atoms with Gasteiger partial charge in [-0.1, -0.05) is 0 Å². The van der Waals surface area contributed by atoms with E-state index in [1.54, 1.807) is 0 Å². The Morgan fingerprint density at radius 1 is 1.45 bits per heavy atom. The molecule has 0 bridgehead atoms. The normalized spacial score (nSPS) is 32.2. The van der Waals surface area contributed by atoms with Crippen molar-refractivity contribution < 1.29 is 0 Å². The highest BCUT2D eigenvalue weighted by Crippen LogP contribution is 2.13. The van der Waals surface area contributed by atoms with Gasteiger partial charge in [-0.2, -0.15) is 0 Å². The first kappa shape index (κ1) is 9.01. The highest BCUT2D eigenvalue weighted by molar-refractivity contribution is 4.85. The largest absolute Gasteiger partial charge is 0.313 e. The minimum Gasteiger partial charge on any atom is -0.313 e. The Kier molecular flexibility index (Phi) is 2.90. The summed E-state index contributed by atoms with van der Waals surface area (Å²) in [6.07, 6.45) is 1.30. The molecule has 0 spiro atoms. The van der Waals surface area contributed by atoms with E-state index in [1.165, 1.54) is 6.42 Å². The molecular weight excluding hydrogens is 136 g/mol. The van der Waals surface area contributed by atoms with Crippen LogP contribution in [0.2, 0.25) is 0 Å². The van der Waals surface area contributed by atoms with Crippen LogP contribution in [0.1, 0.15) is 27.2 Å². The molecule has 1 aliphatic heterocycles. The average molecular weight is 156 g/mol. The van der Waals surface area contributed by atoms with E-state index < -0.39 is 0 Å². The van der Waals surface area contributed by atoms with Crippen molar-refractivity contribution in [3.63, 3.8) is 0 Å². The number of rotatable bonds is 2. The molecule has 1 saturated heterocycles. The minimum atomic E-state index is 0.673. The summed E-state index contributed by atoms with van der Waals surface area (Å²) in [5, 5.41) is 3.46. The van der Waals surface area contributed by atoms with Crippen molar-refractivity contribution in [1.29, 1.82) is 0 Å². The van der Waals surface area contributed by atoms with Gasteiger partial charge in [0.15, 0.2) is 0 Å². The summed E-state index contributed by atoms with van der Waals surface area (Å²) < 4.78 is 0. The molecular formula is C9H20N2. The smallest absolute Gasteiger partial charge is 0.0235 e. The molecule has 0 saturated carbocycles. The van der Waals surface area contributed by atoms with Crippen molar-refractivity contribution in [3.05, 3.63) is 0 Å². The summed E-state index contributed by atoms with van der Waals surface area (Å²) in [6, 6.07) is 2.14. The van der Waals surface area contributed by atoms with E-state index in [4.69, 9.17) is 0 Å². The molecule has 1 heterocycles. The molecule has 0 aromatic carbocycles. The van der Waals surface area contributed by atoms with Crippen LogP contribution in [0.4, 0.5) is 0 Å². The van der Waals surface area contributed by atoms with Crippen LogP contribution in [0.3, 0.4) is 0 Å². The standard InChI is InChI=1S/C9H20N2/c1-7(2)11(4)9-5-8(3)10-6-9/h7-10H,5-6H2,1-4H3/t8-,9+/m0/s1. The van der Waals surface area contributed by atoms with Gasteiger partial charge in [0.2, 0.25) is 0 Å². The lowest BCUT2D eigenvalue weighted by atomic mass is 10.1. The molecule has 0 aliphatic carbocycles. The van der Waals surface area contributed by atoms with E-state index in [0.29, 0.717) is 12.1 Å². The van der Waals surface area contributed by atoms with Crippen LogP contribution in [-0.4, -0.2) is 36.6 Å². The van der Waals surface area contributed by atoms with E-state index in [-0.39, 0.29) is 0 Å². The van der Waals surface area contributed by atoms with Crippen LogP contribution in [0.5, 0.6) is 0 Å². The summed E-state index contributed by atoms with van der Waals surface area (Å²) in [5.74, 6) is 0. The third kappa shape index (κ3) is 2.17. The van der Waals surface area contributed by atoms with Crippen LogP contribution >= 0.6 is 0 Å². The van der Waals surface area contributed by atoms with Gasteiger partial charge in [-0.15, -0.1) is 0 Å². The Bertz CT molecular complexity index is 123. The van der Waals surface area contributed by atoms with Gasteiger partial charge in [-0.25, -0.2) is 0 Å². The molecule has 0 amide bonds. The highest BCUT2D eigenvalue weighted by atomic mass is 15.2. The Hall–Kier alpha value is -0.0800. The first-order valence-electron chi connectivity index (χ1n) is 4.56. The quantitative estimate of drug-likeness (QED) is 0.643. The van der Waals surface area contributed by atoms with Gasteiger partial charge >= 0.3 is 0 Å². The molecule has 1 aliphatic rings. The molecule has 2 nitrogen and oxygen atoms in total. The van der Waals surface area contributed by atoms with Crippen LogP contribution < -0.4 is 5.32 Å². The molecule has 2 atom stereocenters. The summed E-state index contributed by atoms with van der Waals surface area (Å²) in [4.78, 5) is 2.45. The van der Waals surface area contributed by atoms with Gasteiger partial charge in [0.1, 0.15) is 0 Å². The lowest BCUT2D eigenvalue weighted by Gasteiger charge is -2.27. The lowest BCUT2D eigenvalue weighted by molar-refractivity contribution is 0.206. The Morgan fingerprint density at radius 3 is 2.45 bits per heavy atom. The summed E-state index contributed by atoms with van der Waals surface area (Å²) in [5.41, 5.74) is 0. The van der Waals surface area contributed by atoms with Gasteiger partial charge in [-0.05, 0) is 34.2 Å². The maximum atomic E-state index is 3.46. The van der Waals surface area contributed by atoms with E-state index in [9.17, 15) is 0 Å². The average Bonchev–Trinajstić information content (AvgIpc) is 2.34. The van der Waals surface area contributed by atoms with E-state index in [2.05, 4.69) is 38.0 Å². The van der Waals surface area contributed by atoms with Crippen molar-refractivity contribution in [2.24, 2.45) is 0 Å². The first-order chi connectivity index (χ1) is 5.11. The zero-order valence-corrected chi connectivity index (χ0v) is 8.09. The third-order valence-electron chi connectivity index (χ3n) is 2.72. The van der Waals surface area contributed by atoms with Crippen LogP contribution in [0.15, 0.2) is 0 Å². The van der Waals surface area contributed by atoms with Crippen molar-refractivity contribution in [3.8, 4) is 0 Å². The minimum absolute atomic E-state index is 0.673. The summed E-state index contributed by atoms with van der Waals surface area (Å²) >= 11 is 0. The molecule has 0 aromatic heterocycles. The van der Waals surface area contributed by atoms with Gasteiger partial charge in [0, 0.05) is 24.7 Å². The monoisotopic (exact) mass is 156 g/mol. The van der Waals surface area contributed by atoms with E-state index >= 15 is 0 Å². The number of hydrogen-bond acceptors (Lipinski definition) is 2. The van der Waals surface area contributed by atoms with Crippen LogP contribution in [0.25, 0.3) is 0 Å². The fraction of sp³-hybridized carbons (Fsp3) is 1.00. The SMILES string of the molecule is CC(C)N(C)[C@H]1CN[C@@H](C)C1. The Balaban J connectivity index is 2.36. The molecule has 1 N–H and O–H groups in total. The predicted molar refractivity (Wildman–Crippen MR) is 48.8 cm³/mol. The first-order valence-corrected chi connectivity index (χ1v) is 4.56. The molecule has 1 fully saturated rings. The fourth-order valence-electron chi connectivity index (χ4n) is 1.64. The number of nitrogens with one attached hydrogen (secondary N) is 1. The maximum Gasteiger partial charge on any atom is 0.0235 e. The molecule has 1 rings (SSSR count). The third-order valence-corrected chi connectivity index (χ3v) is 2.72. The highest BCUT2D eigenvalue weighted by Gasteiger charge is 2.24. The van der Waals surface area contributed by atoms with Gasteiger partial charge in [0.25, 0.3) is 0 Å². The second-order valence-electron chi connectivity index (χ2n) is 3.96. The fourth-order valence-corrected chi connectivity index (χ4v) is 1.64. The molecule has 66 valence electrons. The van der Waals surface area contributed by atoms with Gasteiger partial charge in [-0.3, -0.25) is 4.90 Å². The zero-order chi connectivity index (χ0) is 8.43. The maximum absolute atomic E-state index is 3.46. The molecule has 11 heavy (non-hydrogen) atoms. The molecule has 2 heteroatoms. The lowest BCUT2D eigenvalue weighted by Crippen LogP contribution is -2.38. The summed E-state index contributed by atoms with van der Waals surface area (Å²) in [7, 11) is 2.22. The molecule has 0 radical (unpaired) electrons. The van der Waals surface area contributed by atoms with Crippen LogP contribution in [0, 0.1) is 0 Å². The number of hydrogen-bond donors (Lipinski definition) is 1. The van der Waals surface area contributed by atoms with E-state index in [0.717, 1.165) is 12.6 Å². The molecule has 0 unspecified atom stereocenters. The topological polar surface area (TPSA) is 15.3 Å². The molecule has 0 aromatic rings. The van der Waals surface area contributed by atoms with Crippen molar-refractivity contribution >= 4 is 0 Å². The number of nitrogens with zero attached hydrogens (tertiary/aromatic N) is 1. The van der Waals surface area contributed by atoms with E-state index in [1.807, 2.05) is 0 Å². The number of likely N-dealkylation sites (N-methyl/N-ethyl adjacent to an activating group) is 1. The van der Waals surface area contributed by atoms with Gasteiger partial charge < -0.3 is 5.32 Å². The van der Waals surface area contributed by atoms with Crippen LogP contribution in [-0.2, 0) is 0 Å². The summed E-state index contributed by atoms with van der Waals surface area (Å²) in [6.45, 7) is 7.93.